The number of nitrogens with zero attached hydrogens (tertiary/aromatic N) is 1. The minimum Gasteiger partial charge on any atom is -0.614 e. The van der Waals surface area contributed by atoms with Gasteiger partial charge in [-0.1, -0.05) is 34.8 Å². The third-order valence-electron chi connectivity index (χ3n) is 3.12. The maximum atomic E-state index is 12.1. The van der Waals surface area contributed by atoms with Crippen LogP contribution in [0.4, 0.5) is 0 Å². The van der Waals surface area contributed by atoms with E-state index < -0.39 is 44.9 Å². The van der Waals surface area contributed by atoms with Gasteiger partial charge in [0.2, 0.25) is 15.6 Å². The van der Waals surface area contributed by atoms with Crippen LogP contribution in [-0.4, -0.2) is 55.3 Å². The lowest BCUT2D eigenvalue weighted by molar-refractivity contribution is -0.152. The van der Waals surface area contributed by atoms with Gasteiger partial charge >= 0.3 is 5.97 Å². The number of fused-ring (bicyclic) bond motifs is 1. The summed E-state index contributed by atoms with van der Waals surface area (Å²) in [5.74, 6) is -1.29. The average molecular weight is 390 g/mol. The summed E-state index contributed by atoms with van der Waals surface area (Å²) in [7, 11) is 0. The Bertz CT molecular complexity index is 550. The van der Waals surface area contributed by atoms with E-state index in [0.717, 1.165) is 4.90 Å². The summed E-state index contributed by atoms with van der Waals surface area (Å²) >= 11 is 15.1. The maximum absolute atomic E-state index is 12.1. The van der Waals surface area contributed by atoms with Gasteiger partial charge in [0.1, 0.15) is 18.1 Å². The van der Waals surface area contributed by atoms with Crippen LogP contribution in [0, 0.1) is 0 Å². The third kappa shape index (κ3) is 3.30. The van der Waals surface area contributed by atoms with Crippen LogP contribution in [0.25, 0.3) is 0 Å². The van der Waals surface area contributed by atoms with Crippen molar-refractivity contribution in [3.8, 4) is 0 Å². The second-order valence-corrected chi connectivity index (χ2v) is 8.76. The zero-order valence-electron chi connectivity index (χ0n) is 11.2. The summed E-state index contributed by atoms with van der Waals surface area (Å²) in [5, 5.41) is 1.49. The number of carbonyl (C=O) groups excluding carboxylic acids is 3. The molecule has 2 amide bonds. The number of alkyl halides is 3. The van der Waals surface area contributed by atoms with Crippen LogP contribution < -0.4 is 5.32 Å². The smallest absolute Gasteiger partial charge is 0.355 e. The first-order valence-corrected chi connectivity index (χ1v) is 8.52. The van der Waals surface area contributed by atoms with Crippen molar-refractivity contribution < 1.29 is 23.7 Å². The minimum absolute atomic E-state index is 0.0206. The first-order chi connectivity index (χ1) is 10.2. The Kier molecular flexibility index (Phi) is 5.18. The van der Waals surface area contributed by atoms with E-state index in [2.05, 4.69) is 5.32 Å². The molecule has 1 fully saturated rings. The molecule has 0 aromatic heterocycles. The monoisotopic (exact) mass is 388 g/mol. The standard InChI is InChI=1S/C11H11Cl3N2O5S/c1-5-2-22(20)9-6(15-4-17)8(18)16(9)7(5)10(19)21-3-11(12,13)14/h4,6,9H,2-3H2,1H3,(H,15,17)/t6?,9-,22?/m0/s1. The molecule has 11 heteroatoms. The van der Waals surface area contributed by atoms with E-state index in [1.807, 2.05) is 0 Å². The Morgan fingerprint density at radius 3 is 2.77 bits per heavy atom. The number of esters is 1. The van der Waals surface area contributed by atoms with Crippen LogP contribution in [0.3, 0.4) is 0 Å². The number of ether oxygens (including phenoxy) is 1. The first kappa shape index (κ1) is 17.7. The largest absolute Gasteiger partial charge is 0.614 e. The van der Waals surface area contributed by atoms with Crippen molar-refractivity contribution in [1.29, 1.82) is 0 Å². The minimum atomic E-state index is -1.78. The van der Waals surface area contributed by atoms with Crippen LogP contribution in [0.5, 0.6) is 0 Å². The van der Waals surface area contributed by atoms with Gasteiger partial charge in [0.25, 0.3) is 5.91 Å². The fraction of sp³-hybridized carbons (Fsp3) is 0.545. The number of hydrogen-bond acceptors (Lipinski definition) is 5. The number of nitrogens with one attached hydrogen (secondary N) is 1. The Labute approximate surface area is 144 Å². The lowest BCUT2D eigenvalue weighted by Gasteiger charge is -2.48. The highest BCUT2D eigenvalue weighted by atomic mass is 35.6. The Morgan fingerprint density at radius 1 is 1.59 bits per heavy atom. The molecule has 0 aliphatic carbocycles. The second kappa shape index (κ2) is 6.45. The van der Waals surface area contributed by atoms with Crippen molar-refractivity contribution in [2.45, 2.75) is 22.1 Å². The molecule has 0 saturated carbocycles. The molecule has 0 bridgehead atoms. The topological polar surface area (TPSA) is 98.8 Å². The van der Waals surface area contributed by atoms with E-state index >= 15 is 0 Å². The molecule has 2 heterocycles. The molecular formula is C11H11Cl3N2O5S. The first-order valence-electron chi connectivity index (χ1n) is 6.01. The molecule has 3 atom stereocenters. The predicted octanol–water partition coefficient (Wildman–Crippen LogP) is 0.219. The Balaban J connectivity index is 2.20. The molecule has 0 spiro atoms. The molecule has 7 nitrogen and oxygen atoms in total. The lowest BCUT2D eigenvalue weighted by Crippen LogP contribution is -2.74. The number of rotatable bonds is 4. The number of hydrogen-bond donors (Lipinski definition) is 1. The van der Waals surface area contributed by atoms with Gasteiger partial charge < -0.3 is 14.6 Å². The molecule has 122 valence electrons. The molecule has 2 unspecified atom stereocenters. The van der Waals surface area contributed by atoms with E-state index in [4.69, 9.17) is 39.5 Å². The van der Waals surface area contributed by atoms with Crippen molar-refractivity contribution in [2.24, 2.45) is 0 Å². The third-order valence-corrected chi connectivity index (χ3v) is 5.19. The highest BCUT2D eigenvalue weighted by Gasteiger charge is 2.60. The summed E-state index contributed by atoms with van der Waals surface area (Å²) < 4.78 is 15.2. The summed E-state index contributed by atoms with van der Waals surface area (Å²) in [6.07, 6.45) is 0.350. The van der Waals surface area contributed by atoms with Gasteiger partial charge in [-0.15, -0.1) is 0 Å². The molecule has 2 rings (SSSR count). The van der Waals surface area contributed by atoms with E-state index in [-0.39, 0.29) is 11.4 Å². The van der Waals surface area contributed by atoms with Crippen LogP contribution in [0.2, 0.25) is 0 Å². The average Bonchev–Trinajstić information content (AvgIpc) is 2.41. The fourth-order valence-corrected chi connectivity index (χ4v) is 4.10. The maximum Gasteiger partial charge on any atom is 0.355 e. The van der Waals surface area contributed by atoms with Gasteiger partial charge in [-0.25, -0.2) is 4.79 Å². The molecule has 0 radical (unpaired) electrons. The molecule has 22 heavy (non-hydrogen) atoms. The van der Waals surface area contributed by atoms with Crippen LogP contribution in [0.15, 0.2) is 11.3 Å². The van der Waals surface area contributed by atoms with Crippen LogP contribution in [-0.2, 0) is 30.3 Å². The molecule has 2 aliphatic heterocycles. The van der Waals surface area contributed by atoms with Crippen molar-refractivity contribution >= 4 is 64.3 Å². The number of amides is 2. The van der Waals surface area contributed by atoms with Gasteiger partial charge in [-0.05, 0) is 18.1 Å². The zero-order chi connectivity index (χ0) is 16.7. The highest BCUT2D eigenvalue weighted by molar-refractivity contribution is 7.92. The van der Waals surface area contributed by atoms with E-state index in [9.17, 15) is 18.9 Å². The van der Waals surface area contributed by atoms with Crippen molar-refractivity contribution in [2.75, 3.05) is 12.4 Å². The van der Waals surface area contributed by atoms with Gasteiger partial charge in [0.05, 0.1) is 0 Å². The van der Waals surface area contributed by atoms with Crippen LogP contribution in [0.1, 0.15) is 6.92 Å². The lowest BCUT2D eigenvalue weighted by atomic mass is 10.0. The molecule has 1 N–H and O–H groups in total. The molecule has 0 aromatic rings. The van der Waals surface area contributed by atoms with Gasteiger partial charge in [0, 0.05) is 5.57 Å². The van der Waals surface area contributed by atoms with Crippen molar-refractivity contribution in [3.63, 3.8) is 0 Å². The summed E-state index contributed by atoms with van der Waals surface area (Å²) in [6.45, 7) is 1.08. The quantitative estimate of drug-likeness (QED) is 0.244. The van der Waals surface area contributed by atoms with E-state index in [1.165, 1.54) is 0 Å². The SMILES string of the molecule is CC1=C(C(=O)OCC(Cl)(Cl)Cl)N2C(=O)C(NC=O)[C@@H]2[S+]([O-])C1. The summed E-state index contributed by atoms with van der Waals surface area (Å²) in [5.41, 5.74) is 0.412. The molecule has 0 aromatic carbocycles. The molecule has 2 aliphatic rings. The van der Waals surface area contributed by atoms with Crippen LogP contribution >= 0.6 is 34.8 Å². The normalized spacial score (nSPS) is 28.0. The fourth-order valence-electron chi connectivity index (χ4n) is 2.26. The molecule has 1 saturated heterocycles. The number of β-lactam (4-membered cyclic amide) rings is 1. The van der Waals surface area contributed by atoms with Gasteiger partial charge in [-0.2, -0.15) is 0 Å². The number of halogens is 3. The zero-order valence-corrected chi connectivity index (χ0v) is 14.3. The summed E-state index contributed by atoms with van der Waals surface area (Å²) in [6, 6.07) is -0.914. The van der Waals surface area contributed by atoms with Gasteiger partial charge in [-0.3, -0.25) is 14.5 Å². The highest BCUT2D eigenvalue weighted by Crippen LogP contribution is 2.37. The van der Waals surface area contributed by atoms with E-state index in [1.54, 1.807) is 6.92 Å². The van der Waals surface area contributed by atoms with Crippen molar-refractivity contribution in [3.05, 3.63) is 11.3 Å². The van der Waals surface area contributed by atoms with Crippen molar-refractivity contribution in [1.82, 2.24) is 10.2 Å². The number of carbonyl (C=O) groups is 3. The van der Waals surface area contributed by atoms with Gasteiger partial charge in [0.15, 0.2) is 6.04 Å². The Morgan fingerprint density at radius 2 is 2.23 bits per heavy atom. The Hall–Kier alpha value is -0.670. The second-order valence-electron chi connectivity index (χ2n) is 4.71. The predicted molar refractivity (Wildman–Crippen MR) is 80.6 cm³/mol. The van der Waals surface area contributed by atoms with E-state index in [0.29, 0.717) is 12.0 Å². The summed E-state index contributed by atoms with van der Waals surface area (Å²) in [4.78, 5) is 35.7. The molecular weight excluding hydrogens is 379 g/mol.